The third-order valence-electron chi connectivity index (χ3n) is 15.8. The Morgan fingerprint density at radius 2 is 1.30 bits per heavy atom. The Morgan fingerprint density at radius 3 is 1.95 bits per heavy atom. The van der Waals surface area contributed by atoms with E-state index in [1.807, 2.05) is 6.20 Å². The molecule has 0 aliphatic carbocycles. The van der Waals surface area contributed by atoms with Gasteiger partial charge in [0.05, 0.1) is 49.0 Å². The third-order valence-corrected chi connectivity index (χ3v) is 16.0. The van der Waals surface area contributed by atoms with Crippen molar-refractivity contribution in [3.63, 3.8) is 0 Å². The maximum Gasteiger partial charge on any atom is 0.327 e. The number of aliphatic imine (C=N–C) groups is 1. The number of aromatic nitrogens is 1. The molecule has 5 aromatic carbocycles. The number of pyridine rings is 1. The van der Waals surface area contributed by atoms with Gasteiger partial charge in [-0.05, 0) is 127 Å². The van der Waals surface area contributed by atoms with Crippen LogP contribution >= 0.6 is 11.6 Å². The summed E-state index contributed by atoms with van der Waals surface area (Å²) in [5.74, 6) is 1.02. The number of nitrogens with one attached hydrogen (secondary N) is 1. The van der Waals surface area contributed by atoms with E-state index < -0.39 is 0 Å². The molecule has 9 heteroatoms. The lowest BCUT2D eigenvalue weighted by molar-refractivity contribution is -0.684. The SMILES string of the molecule is CCCC[n+]1cc(Cl)cc2c1N=C(/C=C/C(=C/C=C1\N(CCC)c3ccccc3C1(C)C)c1cccc(CCC(=O)NCCCOCCOCCOCCCCC(c3ccccc3)(c3ccccc3)c3ccccc3)c1)C2(C)C. The molecule has 1 N–H and O–H groups in total. The van der Waals surface area contributed by atoms with Crippen LogP contribution in [0.2, 0.25) is 5.02 Å². The maximum absolute atomic E-state index is 13.1. The van der Waals surface area contributed by atoms with Crippen LogP contribution in [0.25, 0.3) is 5.57 Å². The number of anilines is 1. The standard InChI is InChI=1S/C70H83ClN4O4/c1-7-9-44-74-53-60(71)52-62-67(74)73-64(68(62,3)4)38-36-55(37-39-65-69(5,6)61-33-19-20-34-63(61)75(65)43-8-2)56-26-23-25-54(51-56)35-40-66(76)72-42-24-46-78-48-50-79-49-47-77-45-22-21-41-70(57-27-13-10-14-28-57,58-29-15-11-16-30-58)59-31-17-12-18-32-59/h10-20,23,25-34,36-39,51-53H,7-9,21-22,24,35,40-50H2,1-6H3/p+1. The molecule has 6 aromatic rings. The molecule has 2 aliphatic rings. The summed E-state index contributed by atoms with van der Waals surface area (Å²) in [6.45, 7) is 19.3. The number of nitrogens with zero attached hydrogens (tertiary/aromatic N) is 3. The van der Waals surface area contributed by atoms with Gasteiger partial charge in [0.2, 0.25) is 5.91 Å². The van der Waals surface area contributed by atoms with Gasteiger partial charge in [-0.3, -0.25) is 4.79 Å². The number of carbonyl (C=O) groups is 1. The van der Waals surface area contributed by atoms with Crippen molar-refractivity contribution in [2.45, 2.75) is 122 Å². The molecule has 79 heavy (non-hydrogen) atoms. The van der Waals surface area contributed by atoms with Crippen LogP contribution in [0.4, 0.5) is 11.5 Å². The topological polar surface area (TPSA) is 76.3 Å². The monoisotopic (exact) mass is 1080 g/mol. The number of para-hydroxylation sites is 1. The van der Waals surface area contributed by atoms with Crippen LogP contribution in [0, 0.1) is 0 Å². The molecule has 0 atom stereocenters. The van der Waals surface area contributed by atoms with E-state index in [0.29, 0.717) is 59.0 Å². The molecular formula is C70H84ClN4O4+. The van der Waals surface area contributed by atoms with Gasteiger partial charge in [-0.2, -0.15) is 0 Å². The molecule has 0 unspecified atom stereocenters. The van der Waals surface area contributed by atoms with Crippen LogP contribution in [0.1, 0.15) is 132 Å². The van der Waals surface area contributed by atoms with Gasteiger partial charge in [0.15, 0.2) is 5.71 Å². The zero-order valence-electron chi connectivity index (χ0n) is 47.8. The fraction of sp³-hybridized carbons (Fsp3) is 0.386. The molecule has 0 bridgehead atoms. The van der Waals surface area contributed by atoms with Crippen molar-refractivity contribution in [3.05, 3.63) is 226 Å². The molecule has 414 valence electrons. The second kappa shape index (κ2) is 28.6. The van der Waals surface area contributed by atoms with E-state index >= 15 is 0 Å². The van der Waals surface area contributed by atoms with Gasteiger partial charge in [0.25, 0.3) is 0 Å². The first kappa shape index (κ1) is 58.7. The molecule has 0 radical (unpaired) electrons. The molecule has 8 nitrogen and oxygen atoms in total. The molecule has 0 saturated carbocycles. The van der Waals surface area contributed by atoms with Crippen LogP contribution in [0.5, 0.6) is 0 Å². The number of rotatable bonds is 30. The summed E-state index contributed by atoms with van der Waals surface area (Å²) in [5, 5.41) is 3.84. The normalized spacial score (nSPS) is 15.2. The van der Waals surface area contributed by atoms with E-state index in [9.17, 15) is 4.79 Å². The number of hydrogen-bond acceptors (Lipinski definition) is 6. The van der Waals surface area contributed by atoms with Crippen molar-refractivity contribution < 1.29 is 23.6 Å². The average Bonchev–Trinajstić information content (AvgIpc) is 4.01. The summed E-state index contributed by atoms with van der Waals surface area (Å²) in [5.41, 5.74) is 12.5. The molecule has 0 saturated heterocycles. The molecular weight excluding hydrogens is 996 g/mol. The molecule has 0 fully saturated rings. The number of benzene rings is 5. The Labute approximate surface area is 477 Å². The van der Waals surface area contributed by atoms with E-state index in [-0.39, 0.29) is 22.2 Å². The van der Waals surface area contributed by atoms with Crippen molar-refractivity contribution in [2.75, 3.05) is 57.6 Å². The summed E-state index contributed by atoms with van der Waals surface area (Å²) in [6, 6.07) is 52.2. The predicted molar refractivity (Wildman–Crippen MR) is 327 cm³/mol. The quantitative estimate of drug-likeness (QED) is 0.0210. The molecule has 1 aromatic heterocycles. The van der Waals surface area contributed by atoms with Crippen LogP contribution < -0.4 is 14.8 Å². The first-order chi connectivity index (χ1) is 38.5. The second-order valence-corrected chi connectivity index (χ2v) is 22.5. The first-order valence-electron chi connectivity index (χ1n) is 29.0. The first-order valence-corrected chi connectivity index (χ1v) is 29.4. The number of aryl methyl sites for hydroxylation is 2. The summed E-state index contributed by atoms with van der Waals surface area (Å²) >= 11 is 6.71. The number of amides is 1. The van der Waals surface area contributed by atoms with Crippen LogP contribution in [0.3, 0.4) is 0 Å². The Kier molecular flexibility index (Phi) is 21.3. The fourth-order valence-electron chi connectivity index (χ4n) is 11.4. The number of ether oxygens (including phenoxy) is 3. The van der Waals surface area contributed by atoms with Crippen molar-refractivity contribution in [1.82, 2.24) is 5.32 Å². The van der Waals surface area contributed by atoms with Crippen molar-refractivity contribution >= 4 is 40.3 Å². The summed E-state index contributed by atoms with van der Waals surface area (Å²) in [7, 11) is 0. The highest BCUT2D eigenvalue weighted by Crippen LogP contribution is 2.48. The lowest BCUT2D eigenvalue weighted by Crippen LogP contribution is -2.35. The highest BCUT2D eigenvalue weighted by molar-refractivity contribution is 6.30. The van der Waals surface area contributed by atoms with Gasteiger partial charge < -0.3 is 24.4 Å². The number of hydrogen-bond donors (Lipinski definition) is 1. The number of carbonyl (C=O) groups excluding carboxylic acids is 1. The van der Waals surface area contributed by atoms with E-state index in [2.05, 4.69) is 226 Å². The number of halogens is 1. The minimum atomic E-state index is -0.333. The average molecular weight is 1080 g/mol. The van der Waals surface area contributed by atoms with E-state index in [4.69, 9.17) is 30.8 Å². The minimum absolute atomic E-state index is 0.0356. The third kappa shape index (κ3) is 14.7. The zero-order valence-corrected chi connectivity index (χ0v) is 48.6. The molecule has 8 rings (SSSR count). The summed E-state index contributed by atoms with van der Waals surface area (Å²) in [4.78, 5) is 20.9. The predicted octanol–water partition coefficient (Wildman–Crippen LogP) is 15.2. The number of unbranched alkanes of at least 4 members (excludes halogenated alkanes) is 2. The summed E-state index contributed by atoms with van der Waals surface area (Å²) in [6.07, 6.45) is 18.9. The molecule has 2 aliphatic heterocycles. The lowest BCUT2D eigenvalue weighted by atomic mass is 9.66. The highest BCUT2D eigenvalue weighted by Gasteiger charge is 2.43. The smallest absolute Gasteiger partial charge is 0.327 e. The van der Waals surface area contributed by atoms with Gasteiger partial charge in [-0.1, -0.05) is 191 Å². The highest BCUT2D eigenvalue weighted by atomic mass is 35.5. The van der Waals surface area contributed by atoms with Crippen LogP contribution in [-0.4, -0.2) is 64.3 Å². The second-order valence-electron chi connectivity index (χ2n) is 22.1. The van der Waals surface area contributed by atoms with Gasteiger partial charge in [-0.15, -0.1) is 0 Å². The van der Waals surface area contributed by atoms with E-state index in [1.54, 1.807) is 0 Å². The summed E-state index contributed by atoms with van der Waals surface area (Å²) < 4.78 is 19.9. The minimum Gasteiger partial charge on any atom is -0.379 e. The van der Waals surface area contributed by atoms with Crippen molar-refractivity contribution in [1.29, 1.82) is 0 Å². The largest absolute Gasteiger partial charge is 0.379 e. The zero-order chi connectivity index (χ0) is 55.5. The Bertz CT molecular complexity index is 2940. The van der Waals surface area contributed by atoms with Gasteiger partial charge >= 0.3 is 5.82 Å². The van der Waals surface area contributed by atoms with Gasteiger partial charge in [0.1, 0.15) is 6.20 Å². The molecule has 1 amide bonds. The lowest BCUT2D eigenvalue weighted by Gasteiger charge is -2.36. The Hall–Kier alpha value is -6.42. The fourth-order valence-corrected chi connectivity index (χ4v) is 11.6. The molecule has 3 heterocycles. The van der Waals surface area contributed by atoms with E-state index in [1.165, 1.54) is 33.6 Å². The van der Waals surface area contributed by atoms with Gasteiger partial charge in [0, 0.05) is 54.9 Å². The van der Waals surface area contributed by atoms with Gasteiger partial charge in [-0.25, -0.2) is 4.57 Å². The Morgan fingerprint density at radius 1 is 0.684 bits per heavy atom. The Balaban J connectivity index is 0.787. The van der Waals surface area contributed by atoms with E-state index in [0.717, 1.165) is 96.9 Å². The number of allylic oxidation sites excluding steroid dienone is 6. The maximum atomic E-state index is 13.1. The number of fused-ring (bicyclic) bond motifs is 2. The van der Waals surface area contributed by atoms with Crippen molar-refractivity contribution in [2.24, 2.45) is 4.99 Å². The molecule has 0 spiro atoms. The van der Waals surface area contributed by atoms with Crippen LogP contribution in [0.15, 0.2) is 187 Å². The van der Waals surface area contributed by atoms with Crippen molar-refractivity contribution in [3.8, 4) is 0 Å². The van der Waals surface area contributed by atoms with Crippen LogP contribution in [-0.2, 0) is 48.2 Å².